The number of ether oxygens (including phenoxy) is 1. The van der Waals surface area contributed by atoms with Crippen LogP contribution in [0.25, 0.3) is 0 Å². The summed E-state index contributed by atoms with van der Waals surface area (Å²) in [6.45, 7) is 0.772. The molecule has 4 unspecified atom stereocenters. The number of rotatable bonds is 2. The van der Waals surface area contributed by atoms with Gasteiger partial charge in [0.2, 0.25) is 0 Å². The number of halogens is 2. The van der Waals surface area contributed by atoms with Gasteiger partial charge in [-0.1, -0.05) is 0 Å². The summed E-state index contributed by atoms with van der Waals surface area (Å²) in [6.07, 6.45) is 2.26. The molecule has 0 aromatic carbocycles. The Morgan fingerprint density at radius 3 is 3.00 bits per heavy atom. The van der Waals surface area contributed by atoms with E-state index in [-0.39, 0.29) is 24.1 Å². The highest BCUT2D eigenvalue weighted by atomic mass is 79.9. The molecule has 1 saturated carbocycles. The van der Waals surface area contributed by atoms with Crippen LogP contribution in [0.3, 0.4) is 0 Å². The standard InChI is InChI=1S/C12H14Br2N2O2S/c13-7-4-6(11(14)19-7)12(17)16-9-8(15)5-2-1-3-18-10(5)9/h4-5,8-10H,1-3,15H2,(H,16,17). The third kappa shape index (κ3) is 2.51. The zero-order valence-corrected chi connectivity index (χ0v) is 14.1. The van der Waals surface area contributed by atoms with Crippen LogP contribution < -0.4 is 11.1 Å². The van der Waals surface area contributed by atoms with Gasteiger partial charge in [0, 0.05) is 18.6 Å². The van der Waals surface area contributed by atoms with Gasteiger partial charge in [-0.2, -0.15) is 0 Å². The van der Waals surface area contributed by atoms with Gasteiger partial charge in [0.05, 0.1) is 25.3 Å². The predicted octanol–water partition coefficient (Wildman–Crippen LogP) is 2.51. The molecule has 0 spiro atoms. The Morgan fingerprint density at radius 2 is 2.32 bits per heavy atom. The maximum atomic E-state index is 12.2. The first kappa shape index (κ1) is 14.0. The second-order valence-electron chi connectivity index (χ2n) is 4.96. The Labute approximate surface area is 132 Å². The molecule has 1 aromatic heterocycles. The largest absolute Gasteiger partial charge is 0.376 e. The molecule has 104 valence electrons. The monoisotopic (exact) mass is 408 g/mol. The van der Waals surface area contributed by atoms with Crippen molar-refractivity contribution in [1.82, 2.24) is 5.32 Å². The van der Waals surface area contributed by atoms with Crippen molar-refractivity contribution >= 4 is 49.1 Å². The van der Waals surface area contributed by atoms with Crippen LogP contribution in [0.2, 0.25) is 0 Å². The van der Waals surface area contributed by atoms with Gasteiger partial charge in [-0.15, -0.1) is 11.3 Å². The van der Waals surface area contributed by atoms with E-state index in [9.17, 15) is 4.79 Å². The molecule has 4 atom stereocenters. The van der Waals surface area contributed by atoms with E-state index in [1.165, 1.54) is 11.3 Å². The van der Waals surface area contributed by atoms with Crippen LogP contribution in [-0.4, -0.2) is 30.7 Å². The second-order valence-corrected chi connectivity index (χ2v) is 8.71. The van der Waals surface area contributed by atoms with E-state index in [2.05, 4.69) is 37.2 Å². The van der Waals surface area contributed by atoms with E-state index in [1.807, 2.05) is 6.07 Å². The maximum absolute atomic E-state index is 12.2. The lowest BCUT2D eigenvalue weighted by Crippen LogP contribution is -2.72. The normalized spacial score (nSPS) is 33.4. The van der Waals surface area contributed by atoms with Crippen LogP contribution in [0, 0.1) is 5.92 Å². The predicted molar refractivity (Wildman–Crippen MR) is 81.4 cm³/mol. The van der Waals surface area contributed by atoms with E-state index in [0.717, 1.165) is 27.0 Å². The van der Waals surface area contributed by atoms with Crippen molar-refractivity contribution in [3.63, 3.8) is 0 Å². The highest BCUT2D eigenvalue weighted by molar-refractivity contribution is 9.12. The summed E-state index contributed by atoms with van der Waals surface area (Å²) in [4.78, 5) is 12.2. The highest BCUT2D eigenvalue weighted by Crippen LogP contribution is 2.38. The van der Waals surface area contributed by atoms with Gasteiger partial charge in [0.25, 0.3) is 5.91 Å². The number of carbonyl (C=O) groups is 1. The fourth-order valence-corrected chi connectivity index (χ4v) is 5.64. The minimum atomic E-state index is -0.0955. The molecular formula is C12H14Br2N2O2S. The molecular weight excluding hydrogens is 396 g/mol. The molecule has 3 rings (SSSR count). The molecule has 19 heavy (non-hydrogen) atoms. The lowest BCUT2D eigenvalue weighted by Gasteiger charge is -2.52. The second kappa shape index (κ2) is 5.44. The van der Waals surface area contributed by atoms with Crippen molar-refractivity contribution in [3.05, 3.63) is 19.2 Å². The van der Waals surface area contributed by atoms with Crippen LogP contribution in [0.15, 0.2) is 13.6 Å². The molecule has 1 aliphatic heterocycles. The molecule has 2 fully saturated rings. The SMILES string of the molecule is NC1C2CCCOC2C1NC(=O)c1cc(Br)sc1Br. The van der Waals surface area contributed by atoms with Gasteiger partial charge in [-0.25, -0.2) is 0 Å². The summed E-state index contributed by atoms with van der Waals surface area (Å²) in [5.74, 6) is 0.304. The fourth-order valence-electron chi connectivity index (χ4n) is 2.85. The third-order valence-corrected chi connectivity index (χ3v) is 6.22. The van der Waals surface area contributed by atoms with Crippen molar-refractivity contribution < 1.29 is 9.53 Å². The summed E-state index contributed by atoms with van der Waals surface area (Å²) >= 11 is 8.26. The van der Waals surface area contributed by atoms with E-state index in [1.54, 1.807) is 0 Å². The average molecular weight is 410 g/mol. The maximum Gasteiger partial charge on any atom is 0.253 e. The number of thiophene rings is 1. The number of carbonyl (C=O) groups excluding carboxylic acids is 1. The van der Waals surface area contributed by atoms with Crippen molar-refractivity contribution in [2.75, 3.05) is 6.61 Å². The first-order chi connectivity index (χ1) is 9.08. The number of nitrogens with one attached hydrogen (secondary N) is 1. The van der Waals surface area contributed by atoms with Crippen LogP contribution in [0.4, 0.5) is 0 Å². The number of hydrogen-bond acceptors (Lipinski definition) is 4. The minimum absolute atomic E-state index is 0.00935. The first-order valence-corrected chi connectivity index (χ1v) is 8.61. The summed E-state index contributed by atoms with van der Waals surface area (Å²) in [6, 6.07) is 1.76. The van der Waals surface area contributed by atoms with Gasteiger partial charge in [-0.05, 0) is 50.8 Å². The summed E-state index contributed by atoms with van der Waals surface area (Å²) < 4.78 is 7.47. The van der Waals surface area contributed by atoms with Crippen molar-refractivity contribution in [3.8, 4) is 0 Å². The molecule has 0 radical (unpaired) electrons. The van der Waals surface area contributed by atoms with E-state index in [0.29, 0.717) is 11.5 Å². The molecule has 7 heteroatoms. The van der Waals surface area contributed by atoms with Crippen LogP contribution in [0.1, 0.15) is 23.2 Å². The highest BCUT2D eigenvalue weighted by Gasteiger charge is 2.51. The number of hydrogen-bond donors (Lipinski definition) is 2. The lowest BCUT2D eigenvalue weighted by atomic mass is 9.68. The summed E-state index contributed by atoms with van der Waals surface area (Å²) in [5.41, 5.74) is 6.78. The number of nitrogens with two attached hydrogens (primary N) is 1. The molecule has 1 aliphatic carbocycles. The Balaban J connectivity index is 1.68. The lowest BCUT2D eigenvalue weighted by molar-refractivity contribution is -0.117. The van der Waals surface area contributed by atoms with Crippen LogP contribution in [0.5, 0.6) is 0 Å². The quantitative estimate of drug-likeness (QED) is 0.788. The van der Waals surface area contributed by atoms with Crippen LogP contribution >= 0.6 is 43.2 Å². The Morgan fingerprint density at radius 1 is 1.53 bits per heavy atom. The van der Waals surface area contributed by atoms with E-state index in [4.69, 9.17) is 10.5 Å². The molecule has 2 aliphatic rings. The Bertz CT molecular complexity index is 508. The van der Waals surface area contributed by atoms with Gasteiger partial charge in [0.1, 0.15) is 0 Å². The number of fused-ring (bicyclic) bond motifs is 1. The molecule has 1 amide bonds. The first-order valence-electron chi connectivity index (χ1n) is 6.21. The van der Waals surface area contributed by atoms with Gasteiger partial charge in [0.15, 0.2) is 0 Å². The van der Waals surface area contributed by atoms with Crippen molar-refractivity contribution in [1.29, 1.82) is 0 Å². The van der Waals surface area contributed by atoms with Crippen LogP contribution in [-0.2, 0) is 4.74 Å². The Hall–Kier alpha value is 0.0500. The summed E-state index contributed by atoms with van der Waals surface area (Å²) in [5, 5.41) is 3.00. The molecule has 4 nitrogen and oxygen atoms in total. The van der Waals surface area contributed by atoms with Gasteiger partial charge >= 0.3 is 0 Å². The molecule has 2 heterocycles. The van der Waals surface area contributed by atoms with Crippen molar-refractivity contribution in [2.45, 2.75) is 31.0 Å². The zero-order chi connectivity index (χ0) is 13.6. The smallest absolute Gasteiger partial charge is 0.253 e. The molecule has 0 bridgehead atoms. The zero-order valence-electron chi connectivity index (χ0n) is 10.1. The van der Waals surface area contributed by atoms with E-state index >= 15 is 0 Å². The fraction of sp³-hybridized carbons (Fsp3) is 0.583. The van der Waals surface area contributed by atoms with E-state index < -0.39 is 0 Å². The number of amides is 1. The third-order valence-electron chi connectivity index (χ3n) is 3.88. The molecule has 1 aromatic rings. The minimum Gasteiger partial charge on any atom is -0.376 e. The molecule has 1 saturated heterocycles. The van der Waals surface area contributed by atoms with Crippen molar-refractivity contribution in [2.24, 2.45) is 11.7 Å². The Kier molecular flexibility index (Phi) is 4.01. The average Bonchev–Trinajstić information content (AvgIpc) is 2.74. The topological polar surface area (TPSA) is 64.3 Å². The van der Waals surface area contributed by atoms with Gasteiger partial charge in [-0.3, -0.25) is 4.79 Å². The summed E-state index contributed by atoms with van der Waals surface area (Å²) in [7, 11) is 0. The molecule has 3 N–H and O–H groups in total. The van der Waals surface area contributed by atoms with Gasteiger partial charge < -0.3 is 15.8 Å².